The first-order valence-corrected chi connectivity index (χ1v) is 4.86. The first-order valence-electron chi connectivity index (χ1n) is 4.86. The Morgan fingerprint density at radius 1 is 1.31 bits per heavy atom. The first kappa shape index (κ1) is 10.5. The Hall–Kier alpha value is -1.97. The van der Waals surface area contributed by atoms with Crippen molar-refractivity contribution < 1.29 is 14.2 Å². The van der Waals surface area contributed by atoms with Crippen molar-refractivity contribution in [2.75, 3.05) is 20.8 Å². The van der Waals surface area contributed by atoms with E-state index in [0.717, 1.165) is 11.3 Å². The maximum absolute atomic E-state index is 5.41. The van der Waals surface area contributed by atoms with Gasteiger partial charge in [-0.15, -0.1) is 0 Å². The number of benzene rings is 1. The van der Waals surface area contributed by atoms with Gasteiger partial charge < -0.3 is 14.2 Å². The third-order valence-electron chi connectivity index (χ3n) is 2.27. The van der Waals surface area contributed by atoms with E-state index in [1.807, 2.05) is 18.2 Å². The van der Waals surface area contributed by atoms with Crippen LogP contribution in [0.15, 0.2) is 35.5 Å². The zero-order chi connectivity index (χ0) is 11.5. The third-order valence-corrected chi connectivity index (χ3v) is 2.27. The molecule has 0 atom stereocenters. The highest BCUT2D eigenvalue weighted by molar-refractivity contribution is 5.99. The van der Waals surface area contributed by atoms with E-state index in [2.05, 4.69) is 11.6 Å². The van der Waals surface area contributed by atoms with E-state index in [4.69, 9.17) is 14.2 Å². The summed E-state index contributed by atoms with van der Waals surface area (Å²) in [6.45, 7) is 4.17. The molecule has 0 aliphatic carbocycles. The molecule has 0 aromatic heterocycles. The van der Waals surface area contributed by atoms with Gasteiger partial charge in [-0.3, -0.25) is 0 Å². The molecule has 0 unspecified atom stereocenters. The molecule has 1 aliphatic heterocycles. The van der Waals surface area contributed by atoms with Crippen LogP contribution in [0.25, 0.3) is 0 Å². The number of methoxy groups -OCH3 is 2. The second-order valence-electron chi connectivity index (χ2n) is 3.34. The Morgan fingerprint density at radius 3 is 2.69 bits per heavy atom. The predicted octanol–water partition coefficient (Wildman–Crippen LogP) is 1.99. The lowest BCUT2D eigenvalue weighted by atomic mass is 10.2. The van der Waals surface area contributed by atoms with Gasteiger partial charge in [-0.2, -0.15) is 0 Å². The van der Waals surface area contributed by atoms with Crippen molar-refractivity contribution in [2.45, 2.75) is 0 Å². The molecule has 16 heavy (non-hydrogen) atoms. The summed E-state index contributed by atoms with van der Waals surface area (Å²) in [6, 6.07) is 5.48. The first-order chi connectivity index (χ1) is 7.74. The van der Waals surface area contributed by atoms with E-state index in [0.29, 0.717) is 24.0 Å². The number of ether oxygens (including phenoxy) is 3. The van der Waals surface area contributed by atoms with Crippen LogP contribution in [-0.4, -0.2) is 26.7 Å². The maximum atomic E-state index is 5.41. The van der Waals surface area contributed by atoms with Gasteiger partial charge in [-0.25, -0.2) is 4.99 Å². The van der Waals surface area contributed by atoms with Crippen molar-refractivity contribution in [2.24, 2.45) is 4.99 Å². The molecule has 0 bridgehead atoms. The fourth-order valence-electron chi connectivity index (χ4n) is 1.48. The monoisotopic (exact) mass is 219 g/mol. The van der Waals surface area contributed by atoms with Crippen LogP contribution < -0.4 is 9.47 Å². The molecular weight excluding hydrogens is 206 g/mol. The summed E-state index contributed by atoms with van der Waals surface area (Å²) in [5, 5.41) is 0. The van der Waals surface area contributed by atoms with E-state index in [-0.39, 0.29) is 0 Å². The summed E-state index contributed by atoms with van der Waals surface area (Å²) in [5.41, 5.74) is 1.49. The molecular formula is C12H13NO3. The average Bonchev–Trinajstić information content (AvgIpc) is 2.75. The quantitative estimate of drug-likeness (QED) is 0.780. The Kier molecular flexibility index (Phi) is 2.81. The second kappa shape index (κ2) is 4.26. The van der Waals surface area contributed by atoms with Crippen LogP contribution in [0.5, 0.6) is 11.5 Å². The van der Waals surface area contributed by atoms with E-state index in [1.54, 1.807) is 14.2 Å². The van der Waals surface area contributed by atoms with Crippen molar-refractivity contribution in [1.29, 1.82) is 0 Å². The molecule has 0 saturated heterocycles. The largest absolute Gasteiger partial charge is 0.497 e. The smallest absolute Gasteiger partial charge is 0.225 e. The molecule has 1 aromatic rings. The van der Waals surface area contributed by atoms with Crippen LogP contribution in [0.4, 0.5) is 0 Å². The van der Waals surface area contributed by atoms with E-state index in [9.17, 15) is 0 Å². The number of nitrogens with zero attached hydrogens (tertiary/aromatic N) is 1. The molecule has 0 amide bonds. The molecule has 0 spiro atoms. The minimum absolute atomic E-state index is 0.426. The highest BCUT2D eigenvalue weighted by atomic mass is 16.5. The number of hydrogen-bond donors (Lipinski definition) is 0. The summed E-state index contributed by atoms with van der Waals surface area (Å²) < 4.78 is 15.8. The zero-order valence-electron chi connectivity index (χ0n) is 9.32. The van der Waals surface area contributed by atoms with Crippen molar-refractivity contribution in [3.8, 4) is 11.5 Å². The van der Waals surface area contributed by atoms with Gasteiger partial charge in [0.05, 0.1) is 25.5 Å². The molecule has 4 nitrogen and oxygen atoms in total. The van der Waals surface area contributed by atoms with Crippen LogP contribution in [0.1, 0.15) is 5.56 Å². The normalized spacial score (nSPS) is 14.4. The summed E-state index contributed by atoms with van der Waals surface area (Å²) in [5.74, 6) is 1.97. The highest BCUT2D eigenvalue weighted by Gasteiger charge is 2.18. The maximum Gasteiger partial charge on any atom is 0.225 e. The number of aliphatic imine (C=N–C) groups is 1. The van der Waals surface area contributed by atoms with Gasteiger partial charge in [0.15, 0.2) is 0 Å². The van der Waals surface area contributed by atoms with Gasteiger partial charge in [-0.1, -0.05) is 6.58 Å². The average molecular weight is 219 g/mol. The minimum Gasteiger partial charge on any atom is -0.497 e. The molecule has 0 saturated carbocycles. The number of rotatable bonds is 3. The lowest BCUT2D eigenvalue weighted by Gasteiger charge is -2.09. The molecule has 84 valence electrons. The Balaban J connectivity index is 2.44. The lowest BCUT2D eigenvalue weighted by molar-refractivity contribution is 0.358. The van der Waals surface area contributed by atoms with Gasteiger partial charge in [0.25, 0.3) is 0 Å². The second-order valence-corrected chi connectivity index (χ2v) is 3.34. The van der Waals surface area contributed by atoms with Crippen LogP contribution in [0.3, 0.4) is 0 Å². The molecule has 4 heteroatoms. The summed E-state index contributed by atoms with van der Waals surface area (Å²) in [7, 11) is 3.22. The predicted molar refractivity (Wildman–Crippen MR) is 61.2 cm³/mol. The van der Waals surface area contributed by atoms with Gasteiger partial charge in [0, 0.05) is 0 Å². The van der Waals surface area contributed by atoms with E-state index >= 15 is 0 Å². The van der Waals surface area contributed by atoms with Gasteiger partial charge in [-0.05, 0) is 18.2 Å². The van der Waals surface area contributed by atoms with Crippen LogP contribution in [0.2, 0.25) is 0 Å². The van der Waals surface area contributed by atoms with Gasteiger partial charge in [0.2, 0.25) is 5.90 Å². The van der Waals surface area contributed by atoms with Crippen LogP contribution >= 0.6 is 0 Å². The molecule has 1 aliphatic rings. The zero-order valence-corrected chi connectivity index (χ0v) is 9.32. The van der Waals surface area contributed by atoms with Crippen molar-refractivity contribution in [3.05, 3.63) is 36.0 Å². The van der Waals surface area contributed by atoms with Crippen molar-refractivity contribution in [3.63, 3.8) is 0 Å². The number of hydrogen-bond acceptors (Lipinski definition) is 4. The fraction of sp³-hybridized carbons (Fsp3) is 0.250. The fourth-order valence-corrected chi connectivity index (χ4v) is 1.48. The highest BCUT2D eigenvalue weighted by Crippen LogP contribution is 2.27. The lowest BCUT2D eigenvalue weighted by Crippen LogP contribution is -2.04. The molecule has 1 aromatic carbocycles. The SMILES string of the molecule is C=C1COC(c2cc(OC)ccc2OC)=N1. The Bertz CT molecular complexity index is 452. The van der Waals surface area contributed by atoms with Crippen molar-refractivity contribution >= 4 is 5.90 Å². The Morgan fingerprint density at radius 2 is 2.12 bits per heavy atom. The molecule has 1 heterocycles. The summed E-state index contributed by atoms with van der Waals surface area (Å²) in [4.78, 5) is 4.21. The molecule has 0 N–H and O–H groups in total. The molecule has 0 fully saturated rings. The standard InChI is InChI=1S/C12H13NO3/c1-8-7-16-12(13-8)10-6-9(14-2)4-5-11(10)15-3/h4-6H,1,7H2,2-3H3. The van der Waals surface area contributed by atoms with E-state index < -0.39 is 0 Å². The molecule has 0 radical (unpaired) electrons. The molecule has 2 rings (SSSR count). The van der Waals surface area contributed by atoms with Crippen LogP contribution in [0, 0.1) is 0 Å². The third kappa shape index (κ3) is 1.86. The van der Waals surface area contributed by atoms with Gasteiger partial charge >= 0.3 is 0 Å². The van der Waals surface area contributed by atoms with Gasteiger partial charge in [0.1, 0.15) is 18.1 Å². The summed E-state index contributed by atoms with van der Waals surface area (Å²) >= 11 is 0. The topological polar surface area (TPSA) is 40.0 Å². The van der Waals surface area contributed by atoms with Crippen molar-refractivity contribution in [1.82, 2.24) is 0 Å². The van der Waals surface area contributed by atoms with Crippen LogP contribution in [-0.2, 0) is 4.74 Å². The summed E-state index contributed by atoms with van der Waals surface area (Å²) in [6.07, 6.45) is 0. The van der Waals surface area contributed by atoms with E-state index in [1.165, 1.54) is 0 Å². The Labute approximate surface area is 94.2 Å². The minimum atomic E-state index is 0.426.